The molecule has 0 bridgehead atoms. The van der Waals surface area contributed by atoms with Crippen LogP contribution in [0.15, 0.2) is 67.0 Å². The molecule has 1 atom stereocenters. The van der Waals surface area contributed by atoms with Crippen LogP contribution in [0.2, 0.25) is 0 Å². The number of nitrogens with zero attached hydrogens (tertiary/aromatic N) is 2. The fourth-order valence-corrected chi connectivity index (χ4v) is 3.75. The Morgan fingerprint density at radius 1 is 1.15 bits per heavy atom. The highest BCUT2D eigenvalue weighted by atomic mass is 16.1. The number of carbonyl (C=O) groups excluding carboxylic acids is 1. The number of aryl methyl sites for hydroxylation is 1. The molecule has 0 spiro atoms. The van der Waals surface area contributed by atoms with Crippen molar-refractivity contribution in [3.05, 3.63) is 89.2 Å². The molecule has 2 aromatic carbocycles. The molecule has 1 aliphatic heterocycles. The Bertz CT molecular complexity index is 983. The second-order valence-electron chi connectivity index (χ2n) is 7.16. The number of nitrogens with one attached hydrogen (secondary N) is 1. The Morgan fingerprint density at radius 3 is 2.85 bits per heavy atom. The molecule has 136 valence electrons. The summed E-state index contributed by atoms with van der Waals surface area (Å²) in [4.78, 5) is 19.2. The van der Waals surface area contributed by atoms with Gasteiger partial charge < -0.3 is 10.2 Å². The predicted octanol–water partition coefficient (Wildman–Crippen LogP) is 4.40. The molecule has 1 N–H and O–H groups in total. The Morgan fingerprint density at radius 2 is 2.00 bits per heavy atom. The van der Waals surface area contributed by atoms with E-state index < -0.39 is 0 Å². The topological polar surface area (TPSA) is 45.2 Å². The van der Waals surface area contributed by atoms with Crippen LogP contribution in [-0.2, 0) is 13.0 Å². The third-order valence-corrected chi connectivity index (χ3v) is 5.01. The Balaban J connectivity index is 1.53. The molecule has 1 aromatic heterocycles. The van der Waals surface area contributed by atoms with Gasteiger partial charge in [0.15, 0.2) is 0 Å². The van der Waals surface area contributed by atoms with Gasteiger partial charge in [0.05, 0.1) is 17.4 Å². The lowest BCUT2D eigenvalue weighted by molar-refractivity contribution is 0.0950. The molecule has 1 unspecified atom stereocenters. The van der Waals surface area contributed by atoms with Gasteiger partial charge in [0.1, 0.15) is 0 Å². The van der Waals surface area contributed by atoms with Crippen LogP contribution in [0.4, 0.5) is 11.4 Å². The van der Waals surface area contributed by atoms with Gasteiger partial charge in [-0.2, -0.15) is 0 Å². The van der Waals surface area contributed by atoms with Crippen LogP contribution >= 0.6 is 0 Å². The minimum absolute atomic E-state index is 0.106. The summed E-state index contributed by atoms with van der Waals surface area (Å²) in [5.74, 6) is -0.106. The number of anilines is 2. The molecule has 4 heteroatoms. The molecule has 0 fully saturated rings. The molecular formula is C23H23N3O. The van der Waals surface area contributed by atoms with Crippen molar-refractivity contribution in [2.24, 2.45) is 0 Å². The van der Waals surface area contributed by atoms with Crippen LogP contribution in [0.5, 0.6) is 0 Å². The summed E-state index contributed by atoms with van der Waals surface area (Å²) >= 11 is 0. The van der Waals surface area contributed by atoms with E-state index in [-0.39, 0.29) is 5.91 Å². The maximum absolute atomic E-state index is 12.6. The van der Waals surface area contributed by atoms with Crippen LogP contribution in [0, 0.1) is 6.92 Å². The van der Waals surface area contributed by atoms with Crippen LogP contribution in [0.1, 0.15) is 34.0 Å². The molecule has 2 heterocycles. The SMILES string of the molecule is Cc1cccc(CNC(=O)c2cncc(N3c4ccccc4CC3C)c2)c1. The highest BCUT2D eigenvalue weighted by molar-refractivity contribution is 5.95. The summed E-state index contributed by atoms with van der Waals surface area (Å²) in [6.07, 6.45) is 4.46. The van der Waals surface area contributed by atoms with Crippen molar-refractivity contribution in [2.45, 2.75) is 32.9 Å². The lowest BCUT2D eigenvalue weighted by Crippen LogP contribution is -2.26. The summed E-state index contributed by atoms with van der Waals surface area (Å²) < 4.78 is 0. The smallest absolute Gasteiger partial charge is 0.253 e. The summed E-state index contributed by atoms with van der Waals surface area (Å²) in [5.41, 5.74) is 6.34. The quantitative estimate of drug-likeness (QED) is 0.753. The van der Waals surface area contributed by atoms with Crippen molar-refractivity contribution in [3.8, 4) is 0 Å². The predicted molar refractivity (Wildman–Crippen MR) is 108 cm³/mol. The van der Waals surface area contributed by atoms with Crippen LogP contribution < -0.4 is 10.2 Å². The first kappa shape index (κ1) is 17.3. The monoisotopic (exact) mass is 357 g/mol. The van der Waals surface area contributed by atoms with Gasteiger partial charge in [-0.25, -0.2) is 0 Å². The van der Waals surface area contributed by atoms with E-state index in [1.54, 1.807) is 6.20 Å². The van der Waals surface area contributed by atoms with Gasteiger partial charge in [-0.15, -0.1) is 0 Å². The summed E-state index contributed by atoms with van der Waals surface area (Å²) in [6.45, 7) is 4.76. The van der Waals surface area contributed by atoms with E-state index in [0.717, 1.165) is 17.7 Å². The molecule has 0 radical (unpaired) electrons. The van der Waals surface area contributed by atoms with E-state index in [2.05, 4.69) is 52.5 Å². The van der Waals surface area contributed by atoms with Crippen molar-refractivity contribution in [2.75, 3.05) is 4.90 Å². The molecular weight excluding hydrogens is 334 g/mol. The van der Waals surface area contributed by atoms with E-state index in [9.17, 15) is 4.79 Å². The molecule has 0 saturated heterocycles. The minimum atomic E-state index is -0.106. The highest BCUT2D eigenvalue weighted by Crippen LogP contribution is 2.37. The van der Waals surface area contributed by atoms with E-state index in [1.807, 2.05) is 37.4 Å². The van der Waals surface area contributed by atoms with Crippen LogP contribution in [0.25, 0.3) is 0 Å². The Labute approximate surface area is 159 Å². The maximum atomic E-state index is 12.6. The average molecular weight is 357 g/mol. The molecule has 4 nitrogen and oxygen atoms in total. The number of pyridine rings is 1. The zero-order valence-electron chi connectivity index (χ0n) is 15.6. The molecule has 1 aliphatic rings. The highest BCUT2D eigenvalue weighted by Gasteiger charge is 2.27. The normalized spacial score (nSPS) is 15.5. The molecule has 27 heavy (non-hydrogen) atoms. The number of fused-ring (bicyclic) bond motifs is 1. The van der Waals surface area contributed by atoms with E-state index in [0.29, 0.717) is 18.2 Å². The number of hydrogen-bond acceptors (Lipinski definition) is 3. The number of aromatic nitrogens is 1. The Hall–Kier alpha value is -3.14. The van der Waals surface area contributed by atoms with Gasteiger partial charge in [0.25, 0.3) is 5.91 Å². The third kappa shape index (κ3) is 3.56. The van der Waals surface area contributed by atoms with Gasteiger partial charge in [0, 0.05) is 24.5 Å². The fraction of sp³-hybridized carbons (Fsp3) is 0.217. The maximum Gasteiger partial charge on any atom is 0.253 e. The summed E-state index contributed by atoms with van der Waals surface area (Å²) in [5, 5.41) is 2.99. The summed E-state index contributed by atoms with van der Waals surface area (Å²) in [6, 6.07) is 18.8. The van der Waals surface area contributed by atoms with Gasteiger partial charge in [0.2, 0.25) is 0 Å². The van der Waals surface area contributed by atoms with Crippen molar-refractivity contribution in [1.29, 1.82) is 0 Å². The first-order valence-corrected chi connectivity index (χ1v) is 9.28. The molecule has 3 aromatic rings. The second kappa shape index (κ2) is 7.23. The lowest BCUT2D eigenvalue weighted by atomic mass is 10.1. The minimum Gasteiger partial charge on any atom is -0.348 e. The number of hydrogen-bond donors (Lipinski definition) is 1. The van der Waals surface area contributed by atoms with Gasteiger partial charge in [-0.05, 0) is 43.5 Å². The largest absolute Gasteiger partial charge is 0.348 e. The van der Waals surface area contributed by atoms with Gasteiger partial charge in [-0.3, -0.25) is 9.78 Å². The number of para-hydroxylation sites is 1. The molecule has 0 saturated carbocycles. The first-order chi connectivity index (χ1) is 13.1. The third-order valence-electron chi connectivity index (χ3n) is 5.01. The zero-order chi connectivity index (χ0) is 18.8. The summed E-state index contributed by atoms with van der Waals surface area (Å²) in [7, 11) is 0. The lowest BCUT2D eigenvalue weighted by Gasteiger charge is -2.25. The number of carbonyl (C=O) groups is 1. The Kier molecular flexibility index (Phi) is 4.63. The van der Waals surface area contributed by atoms with Gasteiger partial charge >= 0.3 is 0 Å². The van der Waals surface area contributed by atoms with Crippen molar-refractivity contribution >= 4 is 17.3 Å². The second-order valence-corrected chi connectivity index (χ2v) is 7.16. The number of rotatable bonds is 4. The molecule has 1 amide bonds. The van der Waals surface area contributed by atoms with Crippen LogP contribution in [-0.4, -0.2) is 16.9 Å². The first-order valence-electron chi connectivity index (χ1n) is 9.28. The molecule has 0 aliphatic carbocycles. The van der Waals surface area contributed by atoms with Crippen LogP contribution in [0.3, 0.4) is 0 Å². The van der Waals surface area contributed by atoms with Crippen molar-refractivity contribution in [1.82, 2.24) is 10.3 Å². The van der Waals surface area contributed by atoms with E-state index in [4.69, 9.17) is 0 Å². The fourth-order valence-electron chi connectivity index (χ4n) is 3.75. The average Bonchev–Trinajstić information content (AvgIpc) is 3.02. The molecule has 4 rings (SSSR count). The van der Waals surface area contributed by atoms with Crippen molar-refractivity contribution in [3.63, 3.8) is 0 Å². The van der Waals surface area contributed by atoms with E-state index >= 15 is 0 Å². The zero-order valence-corrected chi connectivity index (χ0v) is 15.6. The van der Waals surface area contributed by atoms with E-state index in [1.165, 1.54) is 16.8 Å². The van der Waals surface area contributed by atoms with Crippen molar-refractivity contribution < 1.29 is 4.79 Å². The number of amides is 1. The number of benzene rings is 2. The van der Waals surface area contributed by atoms with Gasteiger partial charge in [-0.1, -0.05) is 48.0 Å². The standard InChI is InChI=1S/C23H23N3O/c1-16-6-5-7-18(10-16)13-25-23(27)20-12-21(15-24-14-20)26-17(2)11-19-8-3-4-9-22(19)26/h3-10,12,14-15,17H,11,13H2,1-2H3,(H,25,27).